The van der Waals surface area contributed by atoms with E-state index >= 15 is 0 Å². The lowest BCUT2D eigenvalue weighted by Gasteiger charge is -2.12. The van der Waals surface area contributed by atoms with Gasteiger partial charge in [0.25, 0.3) is 5.91 Å². The summed E-state index contributed by atoms with van der Waals surface area (Å²) < 4.78 is 5.75. The molecule has 0 aromatic heterocycles. The highest BCUT2D eigenvalue weighted by molar-refractivity contribution is 6.32. The molecule has 6 heteroatoms. The molecule has 0 saturated carbocycles. The van der Waals surface area contributed by atoms with Crippen LogP contribution in [-0.2, 0) is 4.79 Å². The van der Waals surface area contributed by atoms with Crippen molar-refractivity contribution in [3.8, 4) is 5.75 Å². The van der Waals surface area contributed by atoms with Gasteiger partial charge in [-0.3, -0.25) is 4.79 Å². The Balaban J connectivity index is 1.80. The molecule has 28 heavy (non-hydrogen) atoms. The maximum Gasteiger partial charge on any atom is 0.333 e. The largest absolute Gasteiger partial charge is 0.493 e. The average Bonchev–Trinajstić information content (AvgIpc) is 2.97. The number of amides is 3. The molecule has 0 unspecified atom stereocenters. The van der Waals surface area contributed by atoms with E-state index in [2.05, 4.69) is 5.32 Å². The lowest BCUT2D eigenvalue weighted by molar-refractivity contribution is -0.113. The molecule has 1 fully saturated rings. The number of hydrogen-bond acceptors (Lipinski definition) is 3. The summed E-state index contributed by atoms with van der Waals surface area (Å²) in [5, 5.41) is 5.05. The summed E-state index contributed by atoms with van der Waals surface area (Å²) in [6.45, 7) is 2.39. The molecular formula is C22H17ClN2O3. The highest BCUT2D eigenvalue weighted by Gasteiger charge is 2.35. The number of nitrogens with zero attached hydrogens (tertiary/aromatic N) is 1. The van der Waals surface area contributed by atoms with E-state index < -0.39 is 11.9 Å². The molecule has 3 aromatic rings. The van der Waals surface area contributed by atoms with Crippen molar-refractivity contribution in [2.75, 3.05) is 11.5 Å². The number of urea groups is 1. The number of rotatable bonds is 4. The lowest BCUT2D eigenvalue weighted by atomic mass is 10.0. The Morgan fingerprint density at radius 3 is 2.68 bits per heavy atom. The number of nitrogens with one attached hydrogen (secondary N) is 1. The first-order valence-corrected chi connectivity index (χ1v) is 9.23. The van der Waals surface area contributed by atoms with E-state index in [-0.39, 0.29) is 5.70 Å². The van der Waals surface area contributed by atoms with E-state index in [1.165, 1.54) is 0 Å². The number of imide groups is 1. The minimum absolute atomic E-state index is 0.183. The van der Waals surface area contributed by atoms with Crippen LogP contribution in [0.2, 0.25) is 5.02 Å². The summed E-state index contributed by atoms with van der Waals surface area (Å²) in [4.78, 5) is 26.5. The van der Waals surface area contributed by atoms with Crippen molar-refractivity contribution in [3.05, 3.63) is 76.9 Å². The number of carbonyl (C=O) groups is 2. The molecule has 0 bridgehead atoms. The Morgan fingerprint density at radius 2 is 1.89 bits per heavy atom. The molecule has 5 nitrogen and oxygen atoms in total. The Bertz CT molecular complexity index is 1120. The van der Waals surface area contributed by atoms with E-state index in [1.807, 2.05) is 43.3 Å². The van der Waals surface area contributed by atoms with Crippen LogP contribution in [0.3, 0.4) is 0 Å². The summed E-state index contributed by atoms with van der Waals surface area (Å²) in [6, 6.07) is 17.8. The van der Waals surface area contributed by atoms with Gasteiger partial charge in [-0.2, -0.15) is 0 Å². The van der Waals surface area contributed by atoms with E-state index in [0.717, 1.165) is 21.2 Å². The minimum Gasteiger partial charge on any atom is -0.493 e. The van der Waals surface area contributed by atoms with Crippen molar-refractivity contribution in [2.24, 2.45) is 0 Å². The fourth-order valence-electron chi connectivity index (χ4n) is 3.23. The molecule has 0 spiro atoms. The van der Waals surface area contributed by atoms with E-state index in [9.17, 15) is 9.59 Å². The molecule has 1 N–H and O–H groups in total. The van der Waals surface area contributed by atoms with Crippen LogP contribution in [-0.4, -0.2) is 18.5 Å². The molecule has 1 saturated heterocycles. The van der Waals surface area contributed by atoms with Crippen molar-refractivity contribution in [1.29, 1.82) is 0 Å². The van der Waals surface area contributed by atoms with Gasteiger partial charge in [-0.25, -0.2) is 9.69 Å². The standard InChI is InChI=1S/C22H17ClN2O3/c1-2-28-20-11-10-14-6-3-4-9-17(14)18(20)13-19-21(26)25(22(27)24-19)16-8-5-7-15(23)12-16/h3-13H,2H2,1H3,(H,24,27)/b19-13+. The SMILES string of the molecule is CCOc1ccc2ccccc2c1/C=C1/NC(=O)N(c2cccc(Cl)c2)C1=O. The summed E-state index contributed by atoms with van der Waals surface area (Å²) in [5.41, 5.74) is 1.35. The summed E-state index contributed by atoms with van der Waals surface area (Å²) in [5.74, 6) is 0.208. The van der Waals surface area contributed by atoms with Gasteiger partial charge >= 0.3 is 6.03 Å². The van der Waals surface area contributed by atoms with Crippen molar-refractivity contribution in [1.82, 2.24) is 5.32 Å². The maximum absolute atomic E-state index is 12.9. The topological polar surface area (TPSA) is 58.6 Å². The van der Waals surface area contributed by atoms with Gasteiger partial charge in [0.1, 0.15) is 11.4 Å². The second-order valence-electron chi connectivity index (χ2n) is 6.24. The third-order valence-electron chi connectivity index (χ3n) is 4.46. The van der Waals surface area contributed by atoms with Crippen molar-refractivity contribution in [3.63, 3.8) is 0 Å². The Kier molecular flexibility index (Phi) is 4.75. The highest BCUT2D eigenvalue weighted by Crippen LogP contribution is 2.32. The predicted octanol–water partition coefficient (Wildman–Crippen LogP) is 4.99. The Morgan fingerprint density at radius 1 is 1.07 bits per heavy atom. The highest BCUT2D eigenvalue weighted by atomic mass is 35.5. The van der Waals surface area contributed by atoms with Gasteiger partial charge in [0, 0.05) is 10.6 Å². The zero-order valence-corrected chi connectivity index (χ0v) is 15.9. The van der Waals surface area contributed by atoms with Crippen LogP contribution < -0.4 is 15.0 Å². The smallest absolute Gasteiger partial charge is 0.333 e. The second kappa shape index (κ2) is 7.37. The summed E-state index contributed by atoms with van der Waals surface area (Å²) >= 11 is 6.00. The number of hydrogen-bond donors (Lipinski definition) is 1. The first kappa shape index (κ1) is 18.1. The van der Waals surface area contributed by atoms with Crippen LogP contribution >= 0.6 is 11.6 Å². The number of benzene rings is 3. The van der Waals surface area contributed by atoms with Gasteiger partial charge < -0.3 is 10.1 Å². The van der Waals surface area contributed by atoms with Crippen molar-refractivity contribution < 1.29 is 14.3 Å². The summed E-state index contributed by atoms with van der Waals surface area (Å²) in [7, 11) is 0. The number of halogens is 1. The van der Waals surface area contributed by atoms with Crippen molar-refractivity contribution >= 4 is 46.1 Å². The molecule has 1 heterocycles. The fraction of sp³-hybridized carbons (Fsp3) is 0.0909. The zero-order valence-electron chi connectivity index (χ0n) is 15.1. The maximum atomic E-state index is 12.9. The Labute approximate surface area is 167 Å². The fourth-order valence-corrected chi connectivity index (χ4v) is 3.42. The third kappa shape index (κ3) is 3.21. The molecule has 1 aliphatic rings. The molecular weight excluding hydrogens is 376 g/mol. The van der Waals surface area contributed by atoms with E-state index in [4.69, 9.17) is 16.3 Å². The molecule has 140 valence electrons. The summed E-state index contributed by atoms with van der Waals surface area (Å²) in [6.07, 6.45) is 1.66. The van der Waals surface area contributed by atoms with Crippen LogP contribution in [0.1, 0.15) is 12.5 Å². The molecule has 4 rings (SSSR count). The molecule has 0 aliphatic carbocycles. The zero-order chi connectivity index (χ0) is 19.7. The number of carbonyl (C=O) groups excluding carboxylic acids is 2. The first-order chi connectivity index (χ1) is 13.6. The molecule has 1 aliphatic heterocycles. The second-order valence-corrected chi connectivity index (χ2v) is 6.68. The van der Waals surface area contributed by atoms with Crippen LogP contribution in [0.5, 0.6) is 5.75 Å². The monoisotopic (exact) mass is 392 g/mol. The number of fused-ring (bicyclic) bond motifs is 1. The number of anilines is 1. The quantitative estimate of drug-likeness (QED) is 0.502. The van der Waals surface area contributed by atoms with Gasteiger partial charge in [0.05, 0.1) is 12.3 Å². The van der Waals surface area contributed by atoms with Crippen LogP contribution in [0, 0.1) is 0 Å². The van der Waals surface area contributed by atoms with Crippen molar-refractivity contribution in [2.45, 2.75) is 6.92 Å². The van der Waals surface area contributed by atoms with Gasteiger partial charge in [0.2, 0.25) is 0 Å². The van der Waals surface area contributed by atoms with Crippen LogP contribution in [0.4, 0.5) is 10.5 Å². The van der Waals surface area contributed by atoms with Crippen LogP contribution in [0.15, 0.2) is 66.4 Å². The van der Waals surface area contributed by atoms with Crippen LogP contribution in [0.25, 0.3) is 16.8 Å². The van der Waals surface area contributed by atoms with E-state index in [1.54, 1.807) is 30.3 Å². The molecule has 0 atom stereocenters. The molecule has 3 amide bonds. The van der Waals surface area contributed by atoms with Gasteiger partial charge in [-0.15, -0.1) is 0 Å². The van der Waals surface area contributed by atoms with Gasteiger partial charge in [-0.05, 0) is 48.0 Å². The lowest BCUT2D eigenvalue weighted by Crippen LogP contribution is -2.30. The molecule has 0 radical (unpaired) electrons. The van der Waals surface area contributed by atoms with Gasteiger partial charge in [0.15, 0.2) is 0 Å². The molecule has 3 aromatic carbocycles. The Hall–Kier alpha value is -3.31. The number of ether oxygens (including phenoxy) is 1. The first-order valence-electron chi connectivity index (χ1n) is 8.85. The van der Waals surface area contributed by atoms with Gasteiger partial charge in [-0.1, -0.05) is 48.0 Å². The predicted molar refractivity (Wildman–Crippen MR) is 111 cm³/mol. The third-order valence-corrected chi connectivity index (χ3v) is 4.70. The van der Waals surface area contributed by atoms with E-state index in [0.29, 0.717) is 23.1 Å². The normalized spacial score (nSPS) is 15.4. The average molecular weight is 393 g/mol. The minimum atomic E-state index is -0.517.